The van der Waals surface area contributed by atoms with Gasteiger partial charge in [-0.05, 0) is 46.5 Å². The summed E-state index contributed by atoms with van der Waals surface area (Å²) in [7, 11) is 0. The van der Waals surface area contributed by atoms with Gasteiger partial charge in [0.2, 0.25) is 0 Å². The van der Waals surface area contributed by atoms with Crippen LogP contribution in [0.2, 0.25) is 0 Å². The van der Waals surface area contributed by atoms with Crippen molar-refractivity contribution in [3.05, 3.63) is 170 Å². The molecule has 4 aromatic heterocycles. The van der Waals surface area contributed by atoms with Crippen molar-refractivity contribution in [2.45, 2.75) is 0 Å². The molecule has 6 nitrogen and oxygen atoms in total. The minimum atomic E-state index is 0.451. The number of benzene rings is 8. The zero-order valence-electron chi connectivity index (χ0n) is 29.8. The van der Waals surface area contributed by atoms with E-state index < -0.39 is 0 Å². The molecule has 12 rings (SSSR count). The quantitative estimate of drug-likeness (QED) is 0.180. The lowest BCUT2D eigenvalue weighted by Gasteiger charge is -2.15. The van der Waals surface area contributed by atoms with E-state index in [0.717, 1.165) is 65.5 Å². The maximum atomic E-state index is 5.49. The zero-order valence-corrected chi connectivity index (χ0v) is 30.6. The topological polar surface area (TPSA) is 69.4 Å². The fraction of sp³-hybridized carbons (Fsp3) is 0. The SMILES string of the molecule is c1ccc(-c2nc(-c3nc4ccccc4nc3-n3c4cc5c(cc4c4ccc6ccccc6c43)sc3ccccc35)nc(-c3cccc4ccccc34)n2)cc1. The van der Waals surface area contributed by atoms with Gasteiger partial charge in [-0.15, -0.1) is 11.3 Å². The maximum Gasteiger partial charge on any atom is 0.186 e. The highest BCUT2D eigenvalue weighted by molar-refractivity contribution is 7.25. The summed E-state index contributed by atoms with van der Waals surface area (Å²) in [6, 6.07) is 59.1. The Balaban J connectivity index is 1.24. The number of hydrogen-bond acceptors (Lipinski definition) is 6. The summed E-state index contributed by atoms with van der Waals surface area (Å²) in [6.45, 7) is 0. The van der Waals surface area contributed by atoms with Crippen molar-refractivity contribution < 1.29 is 0 Å². The van der Waals surface area contributed by atoms with E-state index in [4.69, 9.17) is 24.9 Å². The van der Waals surface area contributed by atoms with Crippen LogP contribution in [0.5, 0.6) is 0 Å². The normalized spacial score (nSPS) is 11.9. The van der Waals surface area contributed by atoms with Crippen molar-refractivity contribution in [1.29, 1.82) is 0 Å². The predicted molar refractivity (Wildman–Crippen MR) is 231 cm³/mol. The summed E-state index contributed by atoms with van der Waals surface area (Å²) in [4.78, 5) is 26.5. The third-order valence-corrected chi connectivity index (χ3v) is 12.0. The molecule has 0 radical (unpaired) electrons. The van der Waals surface area contributed by atoms with Gasteiger partial charge in [0.05, 0.1) is 22.1 Å². The number of thiophene rings is 1. The molecule has 0 spiro atoms. The van der Waals surface area contributed by atoms with Crippen LogP contribution < -0.4 is 0 Å². The second-order valence-corrected chi connectivity index (χ2v) is 15.1. The molecule has 0 aliphatic carbocycles. The van der Waals surface area contributed by atoms with Crippen LogP contribution in [0.25, 0.3) is 115 Å². The highest BCUT2D eigenvalue weighted by Gasteiger charge is 2.25. The predicted octanol–water partition coefficient (Wildman–Crippen LogP) is 12.6. The van der Waals surface area contributed by atoms with Crippen molar-refractivity contribution in [3.63, 3.8) is 0 Å². The molecule has 0 fully saturated rings. The Hall–Kier alpha value is -7.35. The van der Waals surface area contributed by atoms with E-state index in [1.165, 1.54) is 20.2 Å². The summed E-state index contributed by atoms with van der Waals surface area (Å²) in [5.41, 5.74) is 6.05. The molecule has 0 saturated carbocycles. The highest BCUT2D eigenvalue weighted by atomic mass is 32.1. The van der Waals surface area contributed by atoms with Crippen LogP contribution in [0, 0.1) is 0 Å². The van der Waals surface area contributed by atoms with E-state index in [1.807, 2.05) is 65.9 Å². The number of rotatable bonds is 4. The average molecular weight is 733 g/mol. The van der Waals surface area contributed by atoms with Gasteiger partial charge in [-0.25, -0.2) is 24.9 Å². The Labute approximate surface area is 324 Å². The van der Waals surface area contributed by atoms with Crippen molar-refractivity contribution in [3.8, 4) is 40.1 Å². The largest absolute Gasteiger partial charge is 0.291 e. The molecule has 7 heteroatoms. The molecule has 4 heterocycles. The monoisotopic (exact) mass is 732 g/mol. The third-order valence-electron chi connectivity index (χ3n) is 10.8. The molecule has 0 atom stereocenters. The van der Waals surface area contributed by atoms with Gasteiger partial charge in [0.15, 0.2) is 29.0 Å². The standard InChI is InChI=1S/C49H28N6S/c1-2-15-31(16-3-1)46-52-47(36-21-12-17-29-13-4-6-18-32(29)36)54-48(53-46)44-49(51-40-23-10-9-22-39(40)50-44)55-41-27-38-34-20-8-11-24-42(34)56-43(38)28-37(41)35-26-25-30-14-5-7-19-33(30)45(35)55/h1-28H. The van der Waals surface area contributed by atoms with E-state index in [9.17, 15) is 0 Å². The Morgan fingerprint density at radius 2 is 1.05 bits per heavy atom. The van der Waals surface area contributed by atoms with Gasteiger partial charge in [0.25, 0.3) is 0 Å². The van der Waals surface area contributed by atoms with Crippen LogP contribution in [0.1, 0.15) is 0 Å². The molecule has 0 saturated heterocycles. The van der Waals surface area contributed by atoms with Crippen LogP contribution >= 0.6 is 11.3 Å². The number of fused-ring (bicyclic) bond motifs is 10. The van der Waals surface area contributed by atoms with Crippen molar-refractivity contribution in [2.24, 2.45) is 0 Å². The Morgan fingerprint density at radius 3 is 1.91 bits per heavy atom. The maximum absolute atomic E-state index is 5.49. The second kappa shape index (κ2) is 12.1. The van der Waals surface area contributed by atoms with E-state index in [-0.39, 0.29) is 0 Å². The van der Waals surface area contributed by atoms with E-state index in [2.05, 4.69) is 120 Å². The van der Waals surface area contributed by atoms with Crippen LogP contribution in [0.15, 0.2) is 170 Å². The molecule has 8 aromatic carbocycles. The summed E-state index contributed by atoms with van der Waals surface area (Å²) < 4.78 is 4.82. The van der Waals surface area contributed by atoms with Gasteiger partial charge in [0.1, 0.15) is 0 Å². The number of nitrogens with zero attached hydrogens (tertiary/aromatic N) is 6. The summed E-state index contributed by atoms with van der Waals surface area (Å²) in [5.74, 6) is 2.25. The summed E-state index contributed by atoms with van der Waals surface area (Å²) >= 11 is 1.83. The molecule has 56 heavy (non-hydrogen) atoms. The minimum absolute atomic E-state index is 0.451. The Kier molecular flexibility index (Phi) is 6.70. The first-order valence-corrected chi connectivity index (χ1v) is 19.4. The molecule has 0 amide bonds. The molecule has 0 aliphatic heterocycles. The van der Waals surface area contributed by atoms with Gasteiger partial charge in [-0.3, -0.25) is 4.57 Å². The van der Waals surface area contributed by atoms with Gasteiger partial charge in [-0.2, -0.15) is 0 Å². The minimum Gasteiger partial charge on any atom is -0.291 e. The number of aromatic nitrogens is 6. The molecule has 12 aromatic rings. The van der Waals surface area contributed by atoms with Gasteiger partial charge < -0.3 is 0 Å². The van der Waals surface area contributed by atoms with E-state index in [0.29, 0.717) is 29.0 Å². The van der Waals surface area contributed by atoms with Gasteiger partial charge in [0, 0.05) is 47.5 Å². The molecule has 260 valence electrons. The van der Waals surface area contributed by atoms with Crippen molar-refractivity contribution in [1.82, 2.24) is 29.5 Å². The molecular weight excluding hydrogens is 705 g/mol. The third kappa shape index (κ3) is 4.71. The fourth-order valence-corrected chi connectivity index (χ4v) is 9.38. The molecule has 0 aliphatic rings. The fourth-order valence-electron chi connectivity index (χ4n) is 8.25. The lowest BCUT2D eigenvalue weighted by molar-refractivity contribution is 1.03. The average Bonchev–Trinajstić information content (AvgIpc) is 3.80. The van der Waals surface area contributed by atoms with E-state index in [1.54, 1.807) is 0 Å². The second-order valence-electron chi connectivity index (χ2n) is 14.1. The van der Waals surface area contributed by atoms with Crippen LogP contribution in [-0.4, -0.2) is 29.5 Å². The van der Waals surface area contributed by atoms with Gasteiger partial charge >= 0.3 is 0 Å². The highest BCUT2D eigenvalue weighted by Crippen LogP contribution is 2.43. The first kappa shape index (κ1) is 31.0. The van der Waals surface area contributed by atoms with Crippen LogP contribution in [0.4, 0.5) is 0 Å². The van der Waals surface area contributed by atoms with Crippen LogP contribution in [0.3, 0.4) is 0 Å². The zero-order chi connectivity index (χ0) is 36.7. The summed E-state index contributed by atoms with van der Waals surface area (Å²) in [6.07, 6.45) is 0. The van der Waals surface area contributed by atoms with Crippen molar-refractivity contribution in [2.75, 3.05) is 0 Å². The molecule has 0 unspecified atom stereocenters. The molecule has 0 N–H and O–H groups in total. The van der Waals surface area contributed by atoms with Crippen LogP contribution in [-0.2, 0) is 0 Å². The smallest absolute Gasteiger partial charge is 0.186 e. The lowest BCUT2D eigenvalue weighted by Crippen LogP contribution is -2.08. The van der Waals surface area contributed by atoms with Crippen molar-refractivity contribution >= 4 is 85.9 Å². The first-order valence-electron chi connectivity index (χ1n) is 18.6. The lowest BCUT2D eigenvalue weighted by atomic mass is 10.0. The Bertz CT molecular complexity index is 3550. The number of para-hydroxylation sites is 2. The first-order chi connectivity index (χ1) is 27.7. The molecular formula is C49H28N6S. The van der Waals surface area contributed by atoms with E-state index >= 15 is 0 Å². The molecule has 0 bridgehead atoms. The number of hydrogen-bond donors (Lipinski definition) is 0. The van der Waals surface area contributed by atoms with Gasteiger partial charge in [-0.1, -0.05) is 140 Å². The Morgan fingerprint density at radius 1 is 0.393 bits per heavy atom. The summed E-state index contributed by atoms with van der Waals surface area (Å²) in [5, 5.41) is 9.22.